The van der Waals surface area contributed by atoms with E-state index in [0.717, 1.165) is 0 Å². The Kier molecular flexibility index (Phi) is 7.02. The molecule has 0 heterocycles. The number of likely N-dealkylation sites (N-methyl/N-ethyl adjacent to an activating group) is 1. The van der Waals surface area contributed by atoms with Crippen LogP contribution in [0.3, 0.4) is 0 Å². The van der Waals surface area contributed by atoms with Gasteiger partial charge in [0.1, 0.15) is 17.4 Å². The third-order valence-electron chi connectivity index (χ3n) is 7.86. The Morgan fingerprint density at radius 1 is 1.16 bits per heavy atom. The summed E-state index contributed by atoms with van der Waals surface area (Å²) in [5, 5.41) is 47.0. The van der Waals surface area contributed by atoms with Crippen molar-refractivity contribution in [2.24, 2.45) is 23.5 Å². The van der Waals surface area contributed by atoms with Gasteiger partial charge in [0.15, 0.2) is 11.4 Å². The molecule has 0 bridgehead atoms. The number of phenolic OH excluding ortho intramolecular Hbond substituents is 1. The van der Waals surface area contributed by atoms with E-state index in [-0.39, 0.29) is 55.1 Å². The summed E-state index contributed by atoms with van der Waals surface area (Å²) < 4.78 is 0. The number of rotatable bonds is 6. The summed E-state index contributed by atoms with van der Waals surface area (Å²) >= 11 is 0. The van der Waals surface area contributed by atoms with E-state index in [0.29, 0.717) is 16.8 Å². The molecule has 0 aromatic heterocycles. The lowest BCUT2D eigenvalue weighted by Gasteiger charge is -2.48. The molecule has 3 aliphatic carbocycles. The molecule has 0 spiro atoms. The number of nitrogens with zero attached hydrogens (tertiary/aromatic N) is 2. The van der Waals surface area contributed by atoms with E-state index >= 15 is 0 Å². The zero-order chi connectivity index (χ0) is 28.3. The van der Waals surface area contributed by atoms with Crippen molar-refractivity contribution >= 4 is 34.8 Å². The molecule has 3 aliphatic rings. The predicted octanol–water partition coefficient (Wildman–Crippen LogP) is -1.17. The Labute approximate surface area is 219 Å². The molecular weight excluding hydrogens is 496 g/mol. The Hall–Kier alpha value is -3.48. The minimum absolute atomic E-state index is 0.00977. The average molecular weight is 531 g/mol. The van der Waals surface area contributed by atoms with Crippen molar-refractivity contribution in [3.8, 4) is 5.75 Å². The maximum atomic E-state index is 13.7. The molecule has 2 fully saturated rings. The summed E-state index contributed by atoms with van der Waals surface area (Å²) in [6, 6.07) is 1.70. The number of phenols is 1. The third kappa shape index (κ3) is 4.22. The number of fused-ring (bicyclic) bond motifs is 3. The number of carbonyl (C=O) groups excluding carboxylic acids is 4. The summed E-state index contributed by atoms with van der Waals surface area (Å²) in [5.41, 5.74) is 3.95. The molecule has 206 valence electrons. The minimum atomic E-state index is -2.63. The summed E-state index contributed by atoms with van der Waals surface area (Å²) in [7, 11) is 7.04. The van der Waals surface area contributed by atoms with Gasteiger partial charge in [-0.15, -0.1) is 0 Å². The van der Waals surface area contributed by atoms with Gasteiger partial charge >= 0.3 is 0 Å². The number of primary amides is 1. The van der Waals surface area contributed by atoms with Crippen molar-refractivity contribution in [3.05, 3.63) is 28.3 Å². The van der Waals surface area contributed by atoms with E-state index in [2.05, 4.69) is 5.32 Å². The minimum Gasteiger partial charge on any atom is -0.507 e. The van der Waals surface area contributed by atoms with Crippen molar-refractivity contribution in [1.29, 1.82) is 0 Å². The fraction of sp³-hybridized carbons (Fsp3) is 0.538. The van der Waals surface area contributed by atoms with Crippen molar-refractivity contribution in [2.45, 2.75) is 37.5 Å². The Balaban J connectivity index is 1.81. The second-order valence-corrected chi connectivity index (χ2v) is 10.9. The molecule has 1 aromatic carbocycles. The lowest BCUT2D eigenvalue weighted by Crippen LogP contribution is -2.66. The van der Waals surface area contributed by atoms with Crippen LogP contribution in [0.4, 0.5) is 5.69 Å². The van der Waals surface area contributed by atoms with E-state index in [1.54, 1.807) is 44.1 Å². The van der Waals surface area contributed by atoms with Gasteiger partial charge in [0.2, 0.25) is 17.6 Å². The van der Waals surface area contributed by atoms with Gasteiger partial charge in [-0.2, -0.15) is 0 Å². The van der Waals surface area contributed by atoms with Gasteiger partial charge < -0.3 is 41.3 Å². The van der Waals surface area contributed by atoms with Crippen LogP contribution >= 0.6 is 0 Å². The maximum Gasteiger partial charge on any atom is 0.234 e. The number of benzene rings is 1. The fourth-order valence-corrected chi connectivity index (χ4v) is 6.10. The van der Waals surface area contributed by atoms with E-state index in [9.17, 15) is 39.6 Å². The van der Waals surface area contributed by atoms with Crippen LogP contribution in [-0.2, 0) is 32.1 Å². The van der Waals surface area contributed by atoms with E-state index in [1.807, 2.05) is 0 Å². The van der Waals surface area contributed by atoms with Crippen LogP contribution < -0.4 is 16.0 Å². The predicted molar refractivity (Wildman–Crippen MR) is 136 cm³/mol. The highest BCUT2D eigenvalue weighted by Crippen LogP contribution is 2.53. The van der Waals surface area contributed by atoms with E-state index in [4.69, 9.17) is 5.73 Å². The first-order valence-electron chi connectivity index (χ1n) is 12.4. The van der Waals surface area contributed by atoms with Crippen LogP contribution in [0.1, 0.15) is 29.5 Å². The first-order valence-corrected chi connectivity index (χ1v) is 12.4. The molecular formula is C26H34N4O8. The standard InChI is InChI=1S/C26H34N4O8/c1-29(2)10-17(32)28-9-12-7-15(30(3)4)14-6-11-5-13-8-16(31)20(25(27)37)24(36)26(13,38)23(35)18(11)22(34)19(14)21(12)33/h7,11,13,16,20,31,33-34,38H,5-6,8-10H2,1-4H3,(H2,27,37)(H,28,32)/t11-,13+,16?,20?,26+/m1/s1. The zero-order valence-electron chi connectivity index (χ0n) is 21.8. The first-order chi connectivity index (χ1) is 17.7. The number of aromatic hydroxyl groups is 1. The number of aliphatic hydroxyl groups excluding tert-OH is 2. The van der Waals surface area contributed by atoms with Crippen molar-refractivity contribution in [1.82, 2.24) is 10.2 Å². The van der Waals surface area contributed by atoms with E-state index in [1.165, 1.54) is 0 Å². The molecule has 0 saturated heterocycles. The Morgan fingerprint density at radius 3 is 2.39 bits per heavy atom. The molecule has 12 nitrogen and oxygen atoms in total. The van der Waals surface area contributed by atoms with Crippen LogP contribution in [0.2, 0.25) is 0 Å². The fourth-order valence-electron chi connectivity index (χ4n) is 6.10. The third-order valence-corrected chi connectivity index (χ3v) is 7.86. The van der Waals surface area contributed by atoms with Gasteiger partial charge in [0.05, 0.1) is 18.2 Å². The molecule has 1 aromatic rings. The molecule has 0 radical (unpaired) electrons. The van der Waals surface area contributed by atoms with Crippen LogP contribution in [0.15, 0.2) is 11.6 Å². The number of nitrogens with one attached hydrogen (secondary N) is 1. The highest BCUT2D eigenvalue weighted by atomic mass is 16.3. The largest absolute Gasteiger partial charge is 0.507 e. The topological polar surface area (TPSA) is 194 Å². The summed E-state index contributed by atoms with van der Waals surface area (Å²) in [6.07, 6.45) is -1.31. The monoisotopic (exact) mass is 530 g/mol. The molecule has 0 aliphatic heterocycles. The number of aliphatic hydroxyl groups is 3. The second-order valence-electron chi connectivity index (χ2n) is 10.9. The SMILES string of the molecule is CN(C)CC(=O)NCc1cc(N(C)C)c2c(c1O)C(O)=C1C(=O)[C@]3(O)C(=O)C(C(N)=O)C(O)C[C@@H]3C[C@@H]1C2. The van der Waals surface area contributed by atoms with E-state index < -0.39 is 52.7 Å². The van der Waals surface area contributed by atoms with Crippen LogP contribution in [-0.4, -0.2) is 95.1 Å². The summed E-state index contributed by atoms with van der Waals surface area (Å²) in [5.74, 6) is -7.88. The number of hydrogen-bond acceptors (Lipinski definition) is 10. The molecule has 4 rings (SSSR count). The van der Waals surface area contributed by atoms with Crippen molar-refractivity contribution in [3.63, 3.8) is 0 Å². The second kappa shape index (κ2) is 9.68. The van der Waals surface area contributed by atoms with Crippen LogP contribution in [0, 0.1) is 17.8 Å². The number of anilines is 1. The lowest BCUT2D eigenvalue weighted by atomic mass is 9.56. The van der Waals surface area contributed by atoms with Gasteiger partial charge in [-0.3, -0.25) is 19.2 Å². The number of Topliss-reactive ketones (excluding diaryl/α,β-unsaturated/α-hetero) is 2. The quantitative estimate of drug-likeness (QED) is 0.244. The highest BCUT2D eigenvalue weighted by molar-refractivity contribution is 6.24. The molecule has 12 heteroatoms. The average Bonchev–Trinajstić information content (AvgIpc) is 2.80. The molecule has 2 amide bonds. The van der Waals surface area contributed by atoms with Gasteiger partial charge in [-0.1, -0.05) is 0 Å². The highest BCUT2D eigenvalue weighted by Gasteiger charge is 2.64. The van der Waals surface area contributed by atoms with Crippen LogP contribution in [0.25, 0.3) is 5.76 Å². The maximum absolute atomic E-state index is 13.7. The number of carbonyl (C=O) groups is 4. The van der Waals surface area contributed by atoms with Gasteiger partial charge in [0, 0.05) is 43.4 Å². The summed E-state index contributed by atoms with van der Waals surface area (Å²) in [6.45, 7) is 0.0851. The lowest BCUT2D eigenvalue weighted by molar-refractivity contribution is -0.174. The smallest absolute Gasteiger partial charge is 0.234 e. The molecule has 7 N–H and O–H groups in total. The van der Waals surface area contributed by atoms with Crippen LogP contribution in [0.5, 0.6) is 5.75 Å². The molecule has 38 heavy (non-hydrogen) atoms. The normalized spacial score (nSPS) is 28.5. The molecule has 5 atom stereocenters. The van der Waals surface area contributed by atoms with Gasteiger partial charge in [0.25, 0.3) is 0 Å². The summed E-state index contributed by atoms with van der Waals surface area (Å²) in [4.78, 5) is 54.3. The number of amides is 2. The van der Waals surface area contributed by atoms with Gasteiger partial charge in [-0.25, -0.2) is 0 Å². The Bertz CT molecular complexity index is 1260. The molecule has 2 unspecified atom stereocenters. The first kappa shape index (κ1) is 27.6. The number of hydrogen-bond donors (Lipinski definition) is 6. The molecule has 2 saturated carbocycles. The zero-order valence-corrected chi connectivity index (χ0v) is 21.8. The number of ketones is 2. The number of nitrogens with two attached hydrogens (primary N) is 1. The van der Waals surface area contributed by atoms with Crippen molar-refractivity contribution in [2.75, 3.05) is 39.6 Å². The van der Waals surface area contributed by atoms with Crippen molar-refractivity contribution < 1.29 is 39.6 Å². The Morgan fingerprint density at radius 2 is 1.82 bits per heavy atom. The van der Waals surface area contributed by atoms with Gasteiger partial charge in [-0.05, 0) is 50.9 Å².